The van der Waals surface area contributed by atoms with Crippen molar-refractivity contribution in [2.75, 3.05) is 26.6 Å². The fourth-order valence-electron chi connectivity index (χ4n) is 2.89. The van der Waals surface area contributed by atoms with Gasteiger partial charge in [0.15, 0.2) is 17.0 Å². The van der Waals surface area contributed by atoms with Gasteiger partial charge in [-0.25, -0.2) is 0 Å². The Morgan fingerprint density at radius 3 is 2.25 bits per heavy atom. The molecule has 148 valence electrons. The van der Waals surface area contributed by atoms with Gasteiger partial charge in [0.2, 0.25) is 5.75 Å². The molecule has 1 heterocycles. The zero-order valence-corrected chi connectivity index (χ0v) is 17.2. The summed E-state index contributed by atoms with van der Waals surface area (Å²) in [4.78, 5) is 13.0. The second-order valence-electron chi connectivity index (χ2n) is 6.13. The Bertz CT molecular complexity index is 855. The minimum atomic E-state index is -0.228. The summed E-state index contributed by atoms with van der Waals surface area (Å²) in [5.41, 5.74) is 2.80. The molecule has 0 bridgehead atoms. The van der Waals surface area contributed by atoms with Gasteiger partial charge in [0, 0.05) is 5.69 Å². The van der Waals surface area contributed by atoms with Crippen LogP contribution in [0.4, 0.5) is 5.69 Å². The number of benzene rings is 2. The van der Waals surface area contributed by atoms with Crippen molar-refractivity contribution in [1.82, 2.24) is 5.32 Å². The highest BCUT2D eigenvalue weighted by molar-refractivity contribution is 8.05. The lowest BCUT2D eigenvalue weighted by atomic mass is 10.1. The summed E-state index contributed by atoms with van der Waals surface area (Å²) in [6.45, 7) is 2.12. The van der Waals surface area contributed by atoms with E-state index < -0.39 is 0 Å². The quantitative estimate of drug-likeness (QED) is 0.688. The van der Waals surface area contributed by atoms with Crippen LogP contribution in [-0.2, 0) is 11.2 Å². The van der Waals surface area contributed by atoms with Gasteiger partial charge in [-0.3, -0.25) is 4.79 Å². The van der Waals surface area contributed by atoms with Crippen LogP contribution in [0.1, 0.15) is 18.1 Å². The molecule has 6 nitrogen and oxygen atoms in total. The van der Waals surface area contributed by atoms with Crippen molar-refractivity contribution in [1.29, 1.82) is 0 Å². The van der Waals surface area contributed by atoms with Crippen LogP contribution in [0.25, 0.3) is 6.08 Å². The number of nitrogens with one attached hydrogen (secondary N) is 2. The highest BCUT2D eigenvalue weighted by Crippen LogP contribution is 2.39. The van der Waals surface area contributed by atoms with Gasteiger partial charge in [0.1, 0.15) is 0 Å². The molecule has 0 unspecified atom stereocenters. The number of carbonyl (C=O) groups excluding carboxylic acids is 1. The van der Waals surface area contributed by atoms with Gasteiger partial charge in [0.25, 0.3) is 5.91 Å². The van der Waals surface area contributed by atoms with E-state index in [1.54, 1.807) is 21.3 Å². The van der Waals surface area contributed by atoms with Gasteiger partial charge in [0.05, 0.1) is 26.2 Å². The first-order chi connectivity index (χ1) is 13.6. The van der Waals surface area contributed by atoms with Gasteiger partial charge < -0.3 is 24.8 Å². The number of carbonyl (C=O) groups is 1. The van der Waals surface area contributed by atoms with E-state index in [-0.39, 0.29) is 11.4 Å². The third kappa shape index (κ3) is 4.36. The third-order valence-corrected chi connectivity index (χ3v) is 5.40. The van der Waals surface area contributed by atoms with E-state index in [1.165, 1.54) is 17.3 Å². The van der Waals surface area contributed by atoms with Crippen LogP contribution in [0.15, 0.2) is 41.3 Å². The maximum absolute atomic E-state index is 12.4. The average molecular weight is 401 g/mol. The van der Waals surface area contributed by atoms with Crippen molar-refractivity contribution >= 4 is 29.4 Å². The fourth-order valence-corrected chi connectivity index (χ4v) is 3.87. The summed E-state index contributed by atoms with van der Waals surface area (Å²) in [5.74, 6) is 1.48. The third-order valence-electron chi connectivity index (χ3n) is 4.38. The van der Waals surface area contributed by atoms with E-state index >= 15 is 0 Å². The Balaban J connectivity index is 1.78. The Hall–Kier alpha value is -2.80. The number of anilines is 1. The van der Waals surface area contributed by atoms with Crippen molar-refractivity contribution in [2.24, 2.45) is 0 Å². The number of methoxy groups -OCH3 is 3. The predicted molar refractivity (Wildman–Crippen MR) is 113 cm³/mol. The van der Waals surface area contributed by atoms with Crippen LogP contribution in [0.2, 0.25) is 0 Å². The van der Waals surface area contributed by atoms with Crippen molar-refractivity contribution in [2.45, 2.75) is 18.8 Å². The van der Waals surface area contributed by atoms with Gasteiger partial charge in [-0.05, 0) is 47.9 Å². The first kappa shape index (κ1) is 19.9. The normalized spacial score (nSPS) is 17.4. The molecular weight excluding hydrogens is 376 g/mol. The summed E-state index contributed by atoms with van der Waals surface area (Å²) in [6, 6.07) is 11.8. The summed E-state index contributed by atoms with van der Waals surface area (Å²) < 4.78 is 16.1. The molecule has 1 aliphatic heterocycles. The predicted octanol–water partition coefficient (Wildman–Crippen LogP) is 3.87. The SMILES string of the molecule is CCc1ccc(N[C@H]2NC(=O)/C(=C/c3cc(OC)c(OC)c(OC)c3)S2)cc1. The zero-order chi connectivity index (χ0) is 20.1. The molecule has 0 aromatic heterocycles. The van der Waals surface area contributed by atoms with Crippen LogP contribution < -0.4 is 24.8 Å². The van der Waals surface area contributed by atoms with Crippen LogP contribution in [0, 0.1) is 0 Å². The van der Waals surface area contributed by atoms with E-state index in [4.69, 9.17) is 14.2 Å². The maximum Gasteiger partial charge on any atom is 0.260 e. The standard InChI is InChI=1S/C21H24N2O4S/c1-5-13-6-8-15(9-7-13)22-21-23-20(24)18(28-21)12-14-10-16(25-2)19(27-4)17(11-14)26-3/h6-12,21-22H,5H2,1-4H3,(H,23,24)/b18-12-/t21-/m0/s1. The van der Waals surface area contributed by atoms with Crippen LogP contribution in [0.5, 0.6) is 17.2 Å². The highest BCUT2D eigenvalue weighted by atomic mass is 32.2. The first-order valence-electron chi connectivity index (χ1n) is 8.92. The second kappa shape index (κ2) is 8.93. The Kier molecular flexibility index (Phi) is 6.36. The molecule has 1 atom stereocenters. The van der Waals surface area contributed by atoms with Crippen molar-refractivity contribution in [3.63, 3.8) is 0 Å². The summed E-state index contributed by atoms with van der Waals surface area (Å²) in [7, 11) is 4.69. The summed E-state index contributed by atoms with van der Waals surface area (Å²) in [5, 5.41) is 6.26. The summed E-state index contributed by atoms with van der Waals surface area (Å²) in [6.07, 6.45) is 2.81. The Morgan fingerprint density at radius 1 is 1.07 bits per heavy atom. The van der Waals surface area contributed by atoms with Crippen molar-refractivity contribution in [3.05, 3.63) is 52.4 Å². The molecule has 1 fully saturated rings. The van der Waals surface area contributed by atoms with Crippen LogP contribution >= 0.6 is 11.8 Å². The molecule has 0 radical (unpaired) electrons. The zero-order valence-electron chi connectivity index (χ0n) is 16.4. The van der Waals surface area contributed by atoms with E-state index in [9.17, 15) is 4.79 Å². The minimum absolute atomic E-state index is 0.124. The van der Waals surface area contributed by atoms with Crippen LogP contribution in [0.3, 0.4) is 0 Å². The molecule has 3 rings (SSSR count). The largest absolute Gasteiger partial charge is 0.493 e. The number of thioether (sulfide) groups is 1. The molecule has 2 aromatic rings. The Morgan fingerprint density at radius 2 is 1.71 bits per heavy atom. The fraction of sp³-hybridized carbons (Fsp3) is 0.286. The summed E-state index contributed by atoms with van der Waals surface area (Å²) >= 11 is 1.43. The van der Waals surface area contributed by atoms with E-state index in [0.717, 1.165) is 17.7 Å². The molecule has 2 aromatic carbocycles. The number of rotatable bonds is 7. The highest BCUT2D eigenvalue weighted by Gasteiger charge is 2.27. The molecule has 0 saturated carbocycles. The number of amides is 1. The maximum atomic E-state index is 12.4. The Labute approximate surface area is 169 Å². The molecule has 0 spiro atoms. The minimum Gasteiger partial charge on any atom is -0.493 e. The van der Waals surface area contributed by atoms with Crippen LogP contribution in [-0.4, -0.2) is 32.7 Å². The number of hydrogen-bond acceptors (Lipinski definition) is 6. The van der Waals surface area contributed by atoms with Crippen molar-refractivity contribution in [3.8, 4) is 17.2 Å². The lowest BCUT2D eigenvalue weighted by molar-refractivity contribution is -0.116. The molecule has 1 aliphatic rings. The molecular formula is C21H24N2O4S. The van der Waals surface area contributed by atoms with Gasteiger partial charge in [-0.1, -0.05) is 30.8 Å². The smallest absolute Gasteiger partial charge is 0.260 e. The lowest BCUT2D eigenvalue weighted by Gasteiger charge is -2.13. The molecule has 1 saturated heterocycles. The number of hydrogen-bond donors (Lipinski definition) is 2. The second-order valence-corrected chi connectivity index (χ2v) is 7.28. The molecule has 7 heteroatoms. The van der Waals surface area contributed by atoms with E-state index in [1.807, 2.05) is 30.3 Å². The topological polar surface area (TPSA) is 68.8 Å². The molecule has 2 N–H and O–H groups in total. The van der Waals surface area contributed by atoms with Gasteiger partial charge in [-0.2, -0.15) is 0 Å². The lowest BCUT2D eigenvalue weighted by Crippen LogP contribution is -2.30. The number of aryl methyl sites for hydroxylation is 1. The van der Waals surface area contributed by atoms with Gasteiger partial charge >= 0.3 is 0 Å². The molecule has 28 heavy (non-hydrogen) atoms. The van der Waals surface area contributed by atoms with Crippen molar-refractivity contribution < 1.29 is 19.0 Å². The molecule has 0 aliphatic carbocycles. The average Bonchev–Trinajstić information content (AvgIpc) is 3.06. The van der Waals surface area contributed by atoms with E-state index in [2.05, 4.69) is 29.7 Å². The molecule has 1 amide bonds. The number of ether oxygens (including phenoxy) is 3. The first-order valence-corrected chi connectivity index (χ1v) is 9.80. The van der Waals surface area contributed by atoms with E-state index in [0.29, 0.717) is 22.2 Å². The monoisotopic (exact) mass is 400 g/mol. The van der Waals surface area contributed by atoms with Gasteiger partial charge in [-0.15, -0.1) is 0 Å².